The molecule has 6 nitrogen and oxygen atoms in total. The quantitative estimate of drug-likeness (QED) is 0.804. The number of aromatic nitrogens is 4. The Balaban J connectivity index is 1.20. The van der Waals surface area contributed by atoms with Crippen LogP contribution in [0.5, 0.6) is 0 Å². The van der Waals surface area contributed by atoms with Crippen LogP contribution in [0.15, 0.2) is 29.7 Å². The number of hydrogen-bond acceptors (Lipinski definition) is 5. The van der Waals surface area contributed by atoms with E-state index in [4.69, 9.17) is 0 Å². The second-order valence-electron chi connectivity index (χ2n) is 8.42. The molecule has 0 atom stereocenters. The zero-order chi connectivity index (χ0) is 18.4. The van der Waals surface area contributed by atoms with Gasteiger partial charge in [0.25, 0.3) is 0 Å². The minimum atomic E-state index is 0.128. The highest BCUT2D eigenvalue weighted by atomic mass is 32.2. The summed E-state index contributed by atoms with van der Waals surface area (Å²) in [7, 11) is 1.93. The van der Waals surface area contributed by atoms with Gasteiger partial charge in [0.1, 0.15) is 0 Å². The Hall–Kier alpha value is -1.89. The fraction of sp³-hybridized carbons (Fsp3) is 0.600. The number of thioether (sulfide) groups is 1. The molecule has 0 radical (unpaired) electrons. The molecule has 1 amide bonds. The number of amides is 1. The summed E-state index contributed by atoms with van der Waals surface area (Å²) in [5.41, 5.74) is 0.928. The van der Waals surface area contributed by atoms with Gasteiger partial charge >= 0.3 is 0 Å². The van der Waals surface area contributed by atoms with Crippen LogP contribution in [0.25, 0.3) is 11.4 Å². The number of carbonyl (C=O) groups is 1. The van der Waals surface area contributed by atoms with Gasteiger partial charge in [0.2, 0.25) is 5.91 Å². The van der Waals surface area contributed by atoms with Crippen molar-refractivity contribution in [2.75, 3.05) is 5.75 Å². The van der Waals surface area contributed by atoms with Gasteiger partial charge < -0.3 is 9.88 Å². The van der Waals surface area contributed by atoms with E-state index >= 15 is 0 Å². The van der Waals surface area contributed by atoms with Gasteiger partial charge in [-0.2, -0.15) is 0 Å². The summed E-state index contributed by atoms with van der Waals surface area (Å²) < 4.78 is 1.93. The monoisotopic (exact) mass is 383 g/mol. The highest BCUT2D eigenvalue weighted by Gasteiger charge is 2.48. The SMILES string of the molecule is Cn1c(SCC(=O)NC2C3CC4CC(C3)CC2C4)nnc1-c1cccnc1. The van der Waals surface area contributed by atoms with Crippen molar-refractivity contribution in [1.82, 2.24) is 25.1 Å². The third-order valence-electron chi connectivity index (χ3n) is 6.64. The molecule has 27 heavy (non-hydrogen) atoms. The van der Waals surface area contributed by atoms with Gasteiger partial charge in [-0.05, 0) is 67.9 Å². The van der Waals surface area contributed by atoms with Crippen LogP contribution in [-0.2, 0) is 11.8 Å². The first kappa shape index (κ1) is 17.2. The Morgan fingerprint density at radius 2 is 1.93 bits per heavy atom. The number of nitrogens with zero attached hydrogens (tertiary/aromatic N) is 4. The average Bonchev–Trinajstić information content (AvgIpc) is 3.04. The average molecular weight is 384 g/mol. The Morgan fingerprint density at radius 1 is 1.19 bits per heavy atom. The van der Waals surface area contributed by atoms with Gasteiger partial charge in [-0.25, -0.2) is 0 Å². The molecule has 4 aliphatic carbocycles. The van der Waals surface area contributed by atoms with Crippen molar-refractivity contribution in [3.05, 3.63) is 24.5 Å². The molecule has 1 N–H and O–H groups in total. The zero-order valence-corrected chi connectivity index (χ0v) is 16.4. The molecular formula is C20H25N5OS. The smallest absolute Gasteiger partial charge is 0.230 e. The highest BCUT2D eigenvalue weighted by Crippen LogP contribution is 2.53. The largest absolute Gasteiger partial charge is 0.352 e. The summed E-state index contributed by atoms with van der Waals surface area (Å²) in [5, 5.41) is 12.6. The van der Waals surface area contributed by atoms with E-state index in [1.807, 2.05) is 23.7 Å². The van der Waals surface area contributed by atoms with Gasteiger partial charge in [0, 0.05) is 31.0 Å². The fourth-order valence-electron chi connectivity index (χ4n) is 5.71. The Bertz CT molecular complexity index is 808. The molecule has 4 aliphatic rings. The van der Waals surface area contributed by atoms with E-state index in [9.17, 15) is 4.79 Å². The fourth-order valence-corrected chi connectivity index (χ4v) is 6.43. The van der Waals surface area contributed by atoms with Crippen LogP contribution in [-0.4, -0.2) is 37.5 Å². The van der Waals surface area contributed by atoms with Crippen molar-refractivity contribution >= 4 is 17.7 Å². The molecular weight excluding hydrogens is 358 g/mol. The maximum atomic E-state index is 12.6. The van der Waals surface area contributed by atoms with Crippen LogP contribution < -0.4 is 5.32 Å². The van der Waals surface area contributed by atoms with Crippen molar-refractivity contribution in [3.63, 3.8) is 0 Å². The number of carbonyl (C=O) groups excluding carboxylic acids is 1. The molecule has 142 valence electrons. The molecule has 4 bridgehead atoms. The molecule has 0 unspecified atom stereocenters. The molecule has 0 spiro atoms. The number of nitrogens with one attached hydrogen (secondary N) is 1. The first-order valence-electron chi connectivity index (χ1n) is 9.89. The van der Waals surface area contributed by atoms with Gasteiger partial charge in [0.05, 0.1) is 5.75 Å². The highest BCUT2D eigenvalue weighted by molar-refractivity contribution is 7.99. The standard InChI is InChI=1S/C20H25N5OS/c1-25-19(14-3-2-4-21-10-14)23-24-20(25)27-11-17(26)22-18-15-6-12-5-13(8-15)9-16(18)7-12/h2-4,10,12-13,15-16,18H,5-9,11H2,1H3,(H,22,26). The Kier molecular flexibility index (Phi) is 4.42. The molecule has 0 saturated heterocycles. The Morgan fingerprint density at radius 3 is 2.59 bits per heavy atom. The molecule has 4 saturated carbocycles. The summed E-state index contributed by atoms with van der Waals surface area (Å²) in [4.78, 5) is 16.7. The van der Waals surface area contributed by atoms with E-state index in [1.165, 1.54) is 43.9 Å². The minimum Gasteiger partial charge on any atom is -0.352 e. The minimum absolute atomic E-state index is 0.128. The maximum absolute atomic E-state index is 12.6. The molecule has 2 heterocycles. The van der Waals surface area contributed by atoms with Gasteiger partial charge in [-0.3, -0.25) is 9.78 Å². The molecule has 6 rings (SSSR count). The van der Waals surface area contributed by atoms with Crippen LogP contribution >= 0.6 is 11.8 Å². The van der Waals surface area contributed by atoms with Crippen LogP contribution in [0, 0.1) is 23.7 Å². The van der Waals surface area contributed by atoms with E-state index in [0.717, 1.165) is 28.4 Å². The van der Waals surface area contributed by atoms with Crippen LogP contribution in [0.2, 0.25) is 0 Å². The van der Waals surface area contributed by atoms with Gasteiger partial charge in [0.15, 0.2) is 11.0 Å². The molecule has 2 aromatic rings. The number of pyridine rings is 1. The summed E-state index contributed by atoms with van der Waals surface area (Å²) in [5.74, 6) is 4.57. The second kappa shape index (κ2) is 6.93. The first-order valence-corrected chi connectivity index (χ1v) is 10.9. The topological polar surface area (TPSA) is 72.7 Å². The summed E-state index contributed by atoms with van der Waals surface area (Å²) >= 11 is 1.45. The van der Waals surface area contributed by atoms with Gasteiger partial charge in [-0.15, -0.1) is 10.2 Å². The van der Waals surface area contributed by atoms with Crippen molar-refractivity contribution in [1.29, 1.82) is 0 Å². The summed E-state index contributed by atoms with van der Waals surface area (Å²) in [6.45, 7) is 0. The van der Waals surface area contributed by atoms with Crippen LogP contribution in [0.1, 0.15) is 32.1 Å². The number of hydrogen-bond donors (Lipinski definition) is 1. The van der Waals surface area contributed by atoms with E-state index in [-0.39, 0.29) is 5.91 Å². The zero-order valence-electron chi connectivity index (χ0n) is 15.5. The molecule has 0 aromatic carbocycles. The first-order chi connectivity index (χ1) is 13.2. The molecule has 4 fully saturated rings. The van der Waals surface area contributed by atoms with E-state index in [0.29, 0.717) is 23.6 Å². The van der Waals surface area contributed by atoms with E-state index < -0.39 is 0 Å². The predicted molar refractivity (Wildman–Crippen MR) is 104 cm³/mol. The van der Waals surface area contributed by atoms with E-state index in [1.54, 1.807) is 12.4 Å². The van der Waals surface area contributed by atoms with Crippen LogP contribution in [0.3, 0.4) is 0 Å². The lowest BCUT2D eigenvalue weighted by atomic mass is 9.54. The maximum Gasteiger partial charge on any atom is 0.230 e. The van der Waals surface area contributed by atoms with Crippen molar-refractivity contribution in [2.45, 2.75) is 43.3 Å². The van der Waals surface area contributed by atoms with Crippen molar-refractivity contribution in [3.8, 4) is 11.4 Å². The molecule has 7 heteroatoms. The van der Waals surface area contributed by atoms with E-state index in [2.05, 4.69) is 20.5 Å². The lowest BCUT2D eigenvalue weighted by Crippen LogP contribution is -2.56. The predicted octanol–water partition coefficient (Wildman–Crippen LogP) is 2.91. The lowest BCUT2D eigenvalue weighted by molar-refractivity contribution is -0.122. The van der Waals surface area contributed by atoms with Crippen molar-refractivity contribution in [2.24, 2.45) is 30.7 Å². The van der Waals surface area contributed by atoms with Crippen molar-refractivity contribution < 1.29 is 4.79 Å². The summed E-state index contributed by atoms with van der Waals surface area (Å²) in [6.07, 6.45) is 10.2. The normalized spacial score (nSPS) is 31.2. The van der Waals surface area contributed by atoms with Gasteiger partial charge in [-0.1, -0.05) is 11.8 Å². The third kappa shape index (κ3) is 3.26. The number of rotatable bonds is 5. The second-order valence-corrected chi connectivity index (χ2v) is 9.36. The third-order valence-corrected chi connectivity index (χ3v) is 7.66. The molecule has 2 aromatic heterocycles. The van der Waals surface area contributed by atoms with Crippen LogP contribution in [0.4, 0.5) is 0 Å². The summed E-state index contributed by atoms with van der Waals surface area (Å²) in [6, 6.07) is 4.25. The Labute approximate surface area is 163 Å². The molecule has 0 aliphatic heterocycles. The lowest BCUT2D eigenvalue weighted by Gasteiger charge is -2.54.